The predicted molar refractivity (Wildman–Crippen MR) is 101 cm³/mol. The van der Waals surface area contributed by atoms with Gasteiger partial charge in [-0.25, -0.2) is 9.97 Å². The molecule has 0 saturated heterocycles. The molecule has 0 aromatic carbocycles. The molecule has 0 unspecified atom stereocenters. The second kappa shape index (κ2) is 6.24. The Morgan fingerprint density at radius 3 is 2.84 bits per heavy atom. The molecule has 0 bridgehead atoms. The van der Waals surface area contributed by atoms with Gasteiger partial charge in [0.25, 0.3) is 0 Å². The smallest absolute Gasteiger partial charge is 0.112 e. The molecule has 6 nitrogen and oxygen atoms in total. The first-order valence-electron chi connectivity index (χ1n) is 8.50. The fourth-order valence-corrected chi connectivity index (χ4v) is 4.34. The zero-order chi connectivity index (χ0) is 17.6. The Labute approximate surface area is 149 Å². The van der Waals surface area contributed by atoms with Crippen molar-refractivity contribution < 1.29 is 5.11 Å². The molecule has 0 spiro atoms. The second-order valence-corrected chi connectivity index (χ2v) is 7.60. The lowest BCUT2D eigenvalue weighted by Crippen LogP contribution is -1.99. The number of imidazole rings is 1. The van der Waals surface area contributed by atoms with Gasteiger partial charge >= 0.3 is 0 Å². The highest BCUT2D eigenvalue weighted by Crippen LogP contribution is 2.38. The van der Waals surface area contributed by atoms with Crippen LogP contribution in [0.5, 0.6) is 0 Å². The minimum absolute atomic E-state index is 0.177. The summed E-state index contributed by atoms with van der Waals surface area (Å²) in [4.78, 5) is 10.9. The van der Waals surface area contributed by atoms with Gasteiger partial charge in [-0.05, 0) is 24.5 Å². The number of nitrogens with zero attached hydrogens (tertiary/aromatic N) is 4. The standard InChI is InChI=1S/C18H21N5OS/c1-10(2)15-16-17(23(3)14(21-16)5-4-8-24)18-12(20-15)9-13(25-18)11-6-7-19-22-11/h6-7,9-10,24H,4-5,8H2,1-3H3,(H,19,22). The van der Waals surface area contributed by atoms with Crippen LogP contribution >= 0.6 is 11.3 Å². The molecule has 4 rings (SSSR count). The number of aliphatic hydroxyl groups excluding tert-OH is 1. The van der Waals surface area contributed by atoms with E-state index >= 15 is 0 Å². The van der Waals surface area contributed by atoms with Crippen LogP contribution in [0.15, 0.2) is 18.3 Å². The van der Waals surface area contributed by atoms with Crippen molar-refractivity contribution in [3.63, 3.8) is 0 Å². The second-order valence-electron chi connectivity index (χ2n) is 6.55. The summed E-state index contributed by atoms with van der Waals surface area (Å²) in [7, 11) is 2.06. The van der Waals surface area contributed by atoms with Crippen molar-refractivity contribution in [2.75, 3.05) is 6.61 Å². The molecule has 0 aliphatic carbocycles. The molecule has 0 saturated carbocycles. The van der Waals surface area contributed by atoms with E-state index in [0.717, 1.165) is 49.8 Å². The number of rotatable bonds is 5. The highest BCUT2D eigenvalue weighted by Gasteiger charge is 2.20. The van der Waals surface area contributed by atoms with Gasteiger partial charge in [0, 0.05) is 26.3 Å². The van der Waals surface area contributed by atoms with E-state index in [1.54, 1.807) is 11.3 Å². The minimum Gasteiger partial charge on any atom is -0.396 e. The van der Waals surface area contributed by atoms with E-state index < -0.39 is 0 Å². The Kier molecular flexibility index (Phi) is 4.05. The summed E-state index contributed by atoms with van der Waals surface area (Å²) in [6.45, 7) is 4.48. The van der Waals surface area contributed by atoms with Crippen molar-refractivity contribution in [1.82, 2.24) is 24.7 Å². The average molecular weight is 355 g/mol. The third-order valence-corrected chi connectivity index (χ3v) is 5.61. The molecule has 0 aliphatic rings. The fourth-order valence-electron chi connectivity index (χ4n) is 3.19. The lowest BCUT2D eigenvalue weighted by Gasteiger charge is -2.06. The lowest BCUT2D eigenvalue weighted by molar-refractivity contribution is 0.287. The highest BCUT2D eigenvalue weighted by molar-refractivity contribution is 7.23. The summed E-state index contributed by atoms with van der Waals surface area (Å²) in [5.41, 5.74) is 5.07. The Balaban J connectivity index is 2.01. The summed E-state index contributed by atoms with van der Waals surface area (Å²) in [6.07, 6.45) is 3.31. The third kappa shape index (κ3) is 2.63. The molecule has 0 fully saturated rings. The van der Waals surface area contributed by atoms with Crippen molar-refractivity contribution >= 4 is 32.6 Å². The monoisotopic (exact) mass is 355 g/mol. The van der Waals surface area contributed by atoms with Crippen molar-refractivity contribution in [1.29, 1.82) is 0 Å². The Bertz CT molecular complexity index is 1030. The molecule has 7 heteroatoms. The van der Waals surface area contributed by atoms with Crippen molar-refractivity contribution in [2.24, 2.45) is 7.05 Å². The largest absolute Gasteiger partial charge is 0.396 e. The normalized spacial score (nSPS) is 12.0. The first-order chi connectivity index (χ1) is 12.1. The van der Waals surface area contributed by atoms with Gasteiger partial charge in [-0.15, -0.1) is 11.3 Å². The quantitative estimate of drug-likeness (QED) is 0.573. The molecule has 4 heterocycles. The Morgan fingerprint density at radius 2 is 2.16 bits per heavy atom. The van der Waals surface area contributed by atoms with E-state index in [0.29, 0.717) is 12.3 Å². The van der Waals surface area contributed by atoms with Gasteiger partial charge in [-0.1, -0.05) is 13.8 Å². The van der Waals surface area contributed by atoms with Crippen LogP contribution in [0.3, 0.4) is 0 Å². The average Bonchev–Trinajstić information content (AvgIpc) is 3.30. The number of thiophene rings is 1. The summed E-state index contributed by atoms with van der Waals surface area (Å²) < 4.78 is 3.30. The number of hydrogen-bond acceptors (Lipinski definition) is 5. The van der Waals surface area contributed by atoms with Crippen LogP contribution in [0.4, 0.5) is 0 Å². The first-order valence-corrected chi connectivity index (χ1v) is 9.31. The van der Waals surface area contributed by atoms with Crippen LogP contribution in [0.1, 0.15) is 37.7 Å². The van der Waals surface area contributed by atoms with E-state index in [1.165, 1.54) is 0 Å². The number of pyridine rings is 1. The number of hydrogen-bond donors (Lipinski definition) is 2. The summed E-state index contributed by atoms with van der Waals surface area (Å²) >= 11 is 1.70. The molecular weight excluding hydrogens is 334 g/mol. The zero-order valence-electron chi connectivity index (χ0n) is 14.6. The highest BCUT2D eigenvalue weighted by atomic mass is 32.1. The maximum Gasteiger partial charge on any atom is 0.112 e. The topological polar surface area (TPSA) is 79.6 Å². The van der Waals surface area contributed by atoms with E-state index in [4.69, 9.17) is 15.1 Å². The van der Waals surface area contributed by atoms with Gasteiger partial charge in [-0.3, -0.25) is 5.10 Å². The van der Waals surface area contributed by atoms with Gasteiger partial charge in [0.15, 0.2) is 0 Å². The van der Waals surface area contributed by atoms with Crippen molar-refractivity contribution in [3.8, 4) is 10.6 Å². The van der Waals surface area contributed by atoms with Crippen LogP contribution < -0.4 is 0 Å². The van der Waals surface area contributed by atoms with E-state index in [1.807, 2.05) is 12.3 Å². The molecule has 4 aromatic heterocycles. The summed E-state index contributed by atoms with van der Waals surface area (Å²) in [6, 6.07) is 4.09. The number of fused-ring (bicyclic) bond motifs is 3. The van der Waals surface area contributed by atoms with E-state index in [9.17, 15) is 0 Å². The lowest BCUT2D eigenvalue weighted by atomic mass is 10.1. The summed E-state index contributed by atoms with van der Waals surface area (Å²) in [5.74, 6) is 1.29. The molecule has 0 atom stereocenters. The number of aromatic amines is 1. The van der Waals surface area contributed by atoms with E-state index in [2.05, 4.69) is 41.7 Å². The molecule has 130 valence electrons. The van der Waals surface area contributed by atoms with Gasteiger partial charge in [-0.2, -0.15) is 5.10 Å². The number of aryl methyl sites for hydroxylation is 2. The molecule has 0 amide bonds. The number of aliphatic hydroxyl groups is 1. The third-order valence-electron chi connectivity index (χ3n) is 4.46. The SMILES string of the molecule is CC(C)c1nc2cc(-c3cc[nH]n3)sc2c2c1nc(CCCO)n2C. The molecule has 25 heavy (non-hydrogen) atoms. The Hall–Kier alpha value is -2.25. The molecule has 4 aromatic rings. The van der Waals surface area contributed by atoms with Crippen molar-refractivity contribution in [3.05, 3.63) is 29.8 Å². The van der Waals surface area contributed by atoms with Crippen LogP contribution in [0.2, 0.25) is 0 Å². The van der Waals surface area contributed by atoms with E-state index in [-0.39, 0.29) is 6.61 Å². The molecule has 0 aliphatic heterocycles. The van der Waals surface area contributed by atoms with Gasteiger partial charge in [0.1, 0.15) is 17.0 Å². The molecular formula is C18H21N5OS. The molecule has 2 N–H and O–H groups in total. The molecule has 0 radical (unpaired) electrons. The van der Waals surface area contributed by atoms with Crippen LogP contribution in [0, 0.1) is 0 Å². The number of aromatic nitrogens is 5. The van der Waals surface area contributed by atoms with Gasteiger partial charge < -0.3 is 9.67 Å². The predicted octanol–water partition coefficient (Wildman–Crippen LogP) is 3.62. The van der Waals surface area contributed by atoms with Crippen LogP contribution in [0.25, 0.3) is 31.8 Å². The fraction of sp³-hybridized carbons (Fsp3) is 0.389. The Morgan fingerprint density at radius 1 is 1.32 bits per heavy atom. The van der Waals surface area contributed by atoms with Crippen LogP contribution in [-0.2, 0) is 13.5 Å². The summed E-state index contributed by atoms with van der Waals surface area (Å²) in [5, 5.41) is 16.3. The zero-order valence-corrected chi connectivity index (χ0v) is 15.4. The number of H-pyrrole nitrogens is 1. The maximum atomic E-state index is 9.16. The van der Waals surface area contributed by atoms with Crippen LogP contribution in [-0.4, -0.2) is 36.4 Å². The number of nitrogens with one attached hydrogen (secondary N) is 1. The first kappa shape index (κ1) is 16.2. The minimum atomic E-state index is 0.177. The maximum absolute atomic E-state index is 9.16. The van der Waals surface area contributed by atoms with Gasteiger partial charge in [0.2, 0.25) is 0 Å². The van der Waals surface area contributed by atoms with Crippen molar-refractivity contribution in [2.45, 2.75) is 32.6 Å². The van der Waals surface area contributed by atoms with Gasteiger partial charge in [0.05, 0.1) is 26.3 Å².